The van der Waals surface area contributed by atoms with Gasteiger partial charge >= 0.3 is 0 Å². The first-order valence-corrected chi connectivity index (χ1v) is 6.67. The molecule has 0 saturated heterocycles. The lowest BCUT2D eigenvalue weighted by Crippen LogP contribution is -2.27. The van der Waals surface area contributed by atoms with E-state index in [1.165, 1.54) is 4.90 Å². The third-order valence-electron chi connectivity index (χ3n) is 3.63. The third-order valence-corrected chi connectivity index (χ3v) is 3.63. The van der Waals surface area contributed by atoms with Gasteiger partial charge in [0.05, 0.1) is 0 Å². The van der Waals surface area contributed by atoms with Crippen LogP contribution in [0.15, 0.2) is 18.3 Å². The van der Waals surface area contributed by atoms with Crippen molar-refractivity contribution in [2.75, 3.05) is 26.0 Å². The minimum absolute atomic E-state index is 0.103. The van der Waals surface area contributed by atoms with E-state index in [0.29, 0.717) is 11.6 Å². The Balaban J connectivity index is 2.09. The van der Waals surface area contributed by atoms with Crippen LogP contribution in [0.25, 0.3) is 0 Å². The van der Waals surface area contributed by atoms with Crippen molar-refractivity contribution < 1.29 is 9.90 Å². The SMILES string of the molecule is CN(C)C(=O)c1cc(NC2CCCC2CO)ccn1. The molecule has 0 aromatic carbocycles. The van der Waals surface area contributed by atoms with Gasteiger partial charge in [0.2, 0.25) is 0 Å². The van der Waals surface area contributed by atoms with Crippen LogP contribution in [0.2, 0.25) is 0 Å². The number of aromatic nitrogens is 1. The monoisotopic (exact) mass is 263 g/mol. The van der Waals surface area contributed by atoms with Crippen molar-refractivity contribution in [3.05, 3.63) is 24.0 Å². The highest BCUT2D eigenvalue weighted by molar-refractivity contribution is 5.92. The van der Waals surface area contributed by atoms with Crippen molar-refractivity contribution >= 4 is 11.6 Å². The number of hydrogen-bond donors (Lipinski definition) is 2. The van der Waals surface area contributed by atoms with Crippen molar-refractivity contribution in [3.63, 3.8) is 0 Å². The fraction of sp³-hybridized carbons (Fsp3) is 0.571. The number of carbonyl (C=O) groups excluding carboxylic acids is 1. The standard InChI is InChI=1S/C14H21N3O2/c1-17(2)14(19)13-8-11(6-7-15-13)16-12-5-3-4-10(12)9-18/h6-8,10,12,18H,3-5,9H2,1-2H3,(H,15,16). The van der Waals surface area contributed by atoms with E-state index < -0.39 is 0 Å². The van der Waals surface area contributed by atoms with Crippen LogP contribution in [0.5, 0.6) is 0 Å². The van der Waals surface area contributed by atoms with Crippen molar-refractivity contribution in [1.29, 1.82) is 0 Å². The minimum Gasteiger partial charge on any atom is -0.396 e. The van der Waals surface area contributed by atoms with Gasteiger partial charge in [-0.3, -0.25) is 9.78 Å². The summed E-state index contributed by atoms with van der Waals surface area (Å²) in [5, 5.41) is 12.7. The number of nitrogens with one attached hydrogen (secondary N) is 1. The van der Waals surface area contributed by atoms with Gasteiger partial charge in [0.1, 0.15) is 5.69 Å². The van der Waals surface area contributed by atoms with Gasteiger partial charge in [0.25, 0.3) is 5.91 Å². The Bertz CT molecular complexity index is 448. The Labute approximate surface area is 113 Å². The van der Waals surface area contributed by atoms with Crippen LogP contribution >= 0.6 is 0 Å². The summed E-state index contributed by atoms with van der Waals surface area (Å²) in [5.41, 5.74) is 1.33. The fourth-order valence-corrected chi connectivity index (χ4v) is 2.53. The van der Waals surface area contributed by atoms with E-state index in [4.69, 9.17) is 0 Å². The topological polar surface area (TPSA) is 65.5 Å². The van der Waals surface area contributed by atoms with Gasteiger partial charge in [-0.15, -0.1) is 0 Å². The summed E-state index contributed by atoms with van der Waals surface area (Å²) in [5.74, 6) is 0.204. The normalized spacial score (nSPS) is 22.3. The maximum atomic E-state index is 11.9. The van der Waals surface area contributed by atoms with Crippen LogP contribution < -0.4 is 5.32 Å². The van der Waals surface area contributed by atoms with Crippen molar-refractivity contribution in [2.24, 2.45) is 5.92 Å². The molecule has 104 valence electrons. The van der Waals surface area contributed by atoms with Crippen LogP contribution in [-0.4, -0.2) is 47.6 Å². The number of aliphatic hydroxyl groups excluding tert-OH is 1. The number of amides is 1. The maximum absolute atomic E-state index is 11.9. The summed E-state index contributed by atoms with van der Waals surface area (Å²) in [4.78, 5) is 17.5. The first-order chi connectivity index (χ1) is 9.11. The number of nitrogens with zero attached hydrogens (tertiary/aromatic N) is 2. The molecule has 5 heteroatoms. The molecule has 0 radical (unpaired) electrons. The Morgan fingerprint density at radius 2 is 2.32 bits per heavy atom. The van der Waals surface area contributed by atoms with Gasteiger partial charge in [-0.2, -0.15) is 0 Å². The van der Waals surface area contributed by atoms with Gasteiger partial charge in [-0.1, -0.05) is 6.42 Å². The molecule has 2 atom stereocenters. The van der Waals surface area contributed by atoms with Crippen LogP contribution in [-0.2, 0) is 0 Å². The number of carbonyl (C=O) groups is 1. The van der Waals surface area contributed by atoms with Gasteiger partial charge in [-0.05, 0) is 25.0 Å². The van der Waals surface area contributed by atoms with Crippen LogP contribution in [0.3, 0.4) is 0 Å². The predicted octanol–water partition coefficient (Wildman–Crippen LogP) is 1.36. The van der Waals surface area contributed by atoms with E-state index in [1.54, 1.807) is 26.4 Å². The van der Waals surface area contributed by atoms with Gasteiger partial charge in [0.15, 0.2) is 0 Å². The quantitative estimate of drug-likeness (QED) is 0.860. The highest BCUT2D eigenvalue weighted by atomic mass is 16.3. The van der Waals surface area contributed by atoms with E-state index in [9.17, 15) is 9.90 Å². The summed E-state index contributed by atoms with van der Waals surface area (Å²) in [7, 11) is 3.42. The molecule has 1 aromatic heterocycles. The second kappa shape index (κ2) is 6.02. The molecule has 2 rings (SSSR count). The van der Waals surface area contributed by atoms with E-state index >= 15 is 0 Å². The molecular weight excluding hydrogens is 242 g/mol. The number of hydrogen-bond acceptors (Lipinski definition) is 4. The maximum Gasteiger partial charge on any atom is 0.272 e. The highest BCUT2D eigenvalue weighted by Gasteiger charge is 2.26. The number of rotatable bonds is 4. The molecule has 5 nitrogen and oxygen atoms in total. The predicted molar refractivity (Wildman–Crippen MR) is 74.1 cm³/mol. The van der Waals surface area contributed by atoms with E-state index in [0.717, 1.165) is 24.9 Å². The smallest absolute Gasteiger partial charge is 0.272 e. The molecule has 0 aliphatic heterocycles. The zero-order valence-electron chi connectivity index (χ0n) is 11.5. The number of aliphatic hydroxyl groups is 1. The molecule has 1 heterocycles. The van der Waals surface area contributed by atoms with Gasteiger partial charge < -0.3 is 15.3 Å². The van der Waals surface area contributed by atoms with Crippen molar-refractivity contribution in [3.8, 4) is 0 Å². The van der Waals surface area contributed by atoms with Crippen LogP contribution in [0, 0.1) is 5.92 Å². The first kappa shape index (κ1) is 13.8. The summed E-state index contributed by atoms with van der Waals surface area (Å²) in [6.45, 7) is 0.215. The highest BCUT2D eigenvalue weighted by Crippen LogP contribution is 2.28. The molecule has 19 heavy (non-hydrogen) atoms. The molecule has 0 spiro atoms. The van der Waals surface area contributed by atoms with Gasteiger partial charge in [-0.25, -0.2) is 0 Å². The van der Waals surface area contributed by atoms with E-state index in [-0.39, 0.29) is 18.6 Å². The Hall–Kier alpha value is -1.62. The second-order valence-electron chi connectivity index (χ2n) is 5.25. The molecule has 2 N–H and O–H groups in total. The van der Waals surface area contributed by atoms with Crippen LogP contribution in [0.1, 0.15) is 29.8 Å². The lowest BCUT2D eigenvalue weighted by molar-refractivity contribution is 0.0822. The molecule has 1 aliphatic carbocycles. The summed E-state index contributed by atoms with van der Waals surface area (Å²) < 4.78 is 0. The summed E-state index contributed by atoms with van der Waals surface area (Å²) in [6, 6.07) is 3.92. The summed E-state index contributed by atoms with van der Waals surface area (Å²) >= 11 is 0. The van der Waals surface area contributed by atoms with Gasteiger partial charge in [0, 0.05) is 44.5 Å². The number of pyridine rings is 1. The van der Waals surface area contributed by atoms with Crippen molar-refractivity contribution in [2.45, 2.75) is 25.3 Å². The Morgan fingerprint density at radius 3 is 3.00 bits per heavy atom. The Kier molecular flexibility index (Phi) is 4.37. The Morgan fingerprint density at radius 1 is 1.53 bits per heavy atom. The fourth-order valence-electron chi connectivity index (χ4n) is 2.53. The first-order valence-electron chi connectivity index (χ1n) is 6.67. The molecule has 1 saturated carbocycles. The third kappa shape index (κ3) is 3.23. The minimum atomic E-state index is -0.103. The molecule has 1 fully saturated rings. The number of anilines is 1. The average molecular weight is 263 g/mol. The molecular formula is C14H21N3O2. The lowest BCUT2D eigenvalue weighted by Gasteiger charge is -2.20. The van der Waals surface area contributed by atoms with Crippen LogP contribution in [0.4, 0.5) is 5.69 Å². The average Bonchev–Trinajstić information content (AvgIpc) is 2.85. The molecule has 1 amide bonds. The zero-order valence-corrected chi connectivity index (χ0v) is 11.5. The second-order valence-corrected chi connectivity index (χ2v) is 5.25. The summed E-state index contributed by atoms with van der Waals surface area (Å²) in [6.07, 6.45) is 4.90. The zero-order chi connectivity index (χ0) is 13.8. The molecule has 1 aliphatic rings. The van der Waals surface area contributed by atoms with Crippen molar-refractivity contribution in [1.82, 2.24) is 9.88 Å². The van der Waals surface area contributed by atoms with E-state index in [2.05, 4.69) is 10.3 Å². The molecule has 2 unspecified atom stereocenters. The lowest BCUT2D eigenvalue weighted by atomic mass is 10.0. The molecule has 1 aromatic rings. The van der Waals surface area contributed by atoms with E-state index in [1.807, 2.05) is 6.07 Å². The molecule has 0 bridgehead atoms. The largest absolute Gasteiger partial charge is 0.396 e.